The number of aromatic nitrogens is 3. The van der Waals surface area contributed by atoms with E-state index in [0.29, 0.717) is 12.6 Å². The van der Waals surface area contributed by atoms with Crippen LogP contribution in [0, 0.1) is 0 Å². The number of primary amides is 1. The molecule has 0 bridgehead atoms. The van der Waals surface area contributed by atoms with E-state index in [1.165, 1.54) is 29.5 Å². The number of piperidine rings is 1. The Labute approximate surface area is 212 Å². The van der Waals surface area contributed by atoms with Gasteiger partial charge in [0, 0.05) is 55.8 Å². The molecule has 1 fully saturated rings. The molecule has 4 N–H and O–H groups in total. The van der Waals surface area contributed by atoms with Crippen molar-refractivity contribution in [1.82, 2.24) is 20.3 Å². The molecule has 1 aliphatic rings. The lowest BCUT2D eigenvalue weighted by molar-refractivity contribution is 0.0954. The largest absolute Gasteiger partial charge is 0.460 e. The number of benzene rings is 1. The summed E-state index contributed by atoms with van der Waals surface area (Å²) < 4.78 is 5.84. The van der Waals surface area contributed by atoms with Gasteiger partial charge in [0.25, 0.3) is 11.8 Å². The maximum absolute atomic E-state index is 12.9. The number of hydrogen-bond donors (Lipinski definition) is 3. The van der Waals surface area contributed by atoms with Crippen LogP contribution in [0.3, 0.4) is 0 Å². The Kier molecular flexibility index (Phi) is 8.06. The predicted molar refractivity (Wildman–Crippen MR) is 136 cm³/mol. The fraction of sp³-hybridized carbons (Fsp3) is 0.333. The Balaban J connectivity index is 1.40. The number of nitrogens with zero attached hydrogens (tertiary/aromatic N) is 4. The van der Waals surface area contributed by atoms with E-state index in [1.807, 2.05) is 6.92 Å². The van der Waals surface area contributed by atoms with Crippen molar-refractivity contribution in [2.24, 2.45) is 5.73 Å². The summed E-state index contributed by atoms with van der Waals surface area (Å²) in [5, 5.41) is 7.91. The zero-order chi connectivity index (χ0) is 25.5. The second kappa shape index (κ2) is 11.6. The summed E-state index contributed by atoms with van der Waals surface area (Å²) in [5.41, 5.74) is 6.21. The number of rotatable bonds is 9. The average molecular weight is 510 g/mol. The minimum atomic E-state index is -0.660. The molecular weight excluding hydrogens is 482 g/mol. The predicted octanol–water partition coefficient (Wildman–Crippen LogP) is 2.47. The van der Waals surface area contributed by atoms with Gasteiger partial charge in [-0.05, 0) is 30.7 Å². The summed E-state index contributed by atoms with van der Waals surface area (Å²) in [7, 11) is 0. The van der Waals surface area contributed by atoms with E-state index < -0.39 is 17.7 Å². The second-order valence-corrected chi connectivity index (χ2v) is 9.02. The monoisotopic (exact) mass is 509 g/mol. The number of anilines is 2. The quantitative estimate of drug-likeness (QED) is 0.398. The molecule has 12 heteroatoms. The first-order valence-electron chi connectivity index (χ1n) is 11.6. The second-order valence-electron chi connectivity index (χ2n) is 8.19. The zero-order valence-corrected chi connectivity index (χ0v) is 20.6. The van der Waals surface area contributed by atoms with Crippen molar-refractivity contribution in [3.63, 3.8) is 0 Å². The lowest BCUT2D eigenvalue weighted by Crippen LogP contribution is -2.38. The zero-order valence-electron chi connectivity index (χ0n) is 19.8. The lowest BCUT2D eigenvalue weighted by atomic mass is 10.1. The minimum absolute atomic E-state index is 0.0204. The third-order valence-corrected chi connectivity index (χ3v) is 6.49. The van der Waals surface area contributed by atoms with Crippen LogP contribution in [0.4, 0.5) is 10.8 Å². The Morgan fingerprint density at radius 3 is 2.61 bits per heavy atom. The Morgan fingerprint density at radius 2 is 1.92 bits per heavy atom. The first kappa shape index (κ1) is 25.0. The van der Waals surface area contributed by atoms with Gasteiger partial charge in [0.2, 0.25) is 5.91 Å². The van der Waals surface area contributed by atoms with Gasteiger partial charge in [-0.1, -0.05) is 6.92 Å². The van der Waals surface area contributed by atoms with E-state index in [1.54, 1.807) is 23.8 Å². The smallest absolute Gasteiger partial charge is 0.316 e. The average Bonchev–Trinajstić information content (AvgIpc) is 3.39. The summed E-state index contributed by atoms with van der Waals surface area (Å²) in [6.07, 6.45) is 5.61. The first-order valence-corrected chi connectivity index (χ1v) is 12.5. The van der Waals surface area contributed by atoms with Crippen LogP contribution in [0.2, 0.25) is 0 Å². The Bertz CT molecular complexity index is 1230. The number of carbonyl (C=O) groups is 3. The molecule has 4 rings (SSSR count). The molecule has 11 nitrogen and oxygen atoms in total. The van der Waals surface area contributed by atoms with Gasteiger partial charge in [-0.25, -0.2) is 15.0 Å². The van der Waals surface area contributed by atoms with Gasteiger partial charge in [0.1, 0.15) is 11.8 Å². The molecule has 0 saturated carbocycles. The number of nitrogens with two attached hydrogens (primary N) is 1. The summed E-state index contributed by atoms with van der Waals surface area (Å²) in [4.78, 5) is 51.9. The van der Waals surface area contributed by atoms with E-state index in [-0.39, 0.29) is 28.6 Å². The summed E-state index contributed by atoms with van der Waals surface area (Å²) >= 11 is 1.38. The number of thiazole rings is 1. The Hall–Kier alpha value is -4.06. The van der Waals surface area contributed by atoms with E-state index in [2.05, 4.69) is 30.5 Å². The molecule has 0 radical (unpaired) electrons. The third kappa shape index (κ3) is 6.13. The number of amides is 3. The molecule has 2 aromatic heterocycles. The highest BCUT2D eigenvalue weighted by Crippen LogP contribution is 2.26. The highest BCUT2D eigenvalue weighted by atomic mass is 32.1. The molecule has 1 aliphatic heterocycles. The summed E-state index contributed by atoms with van der Waals surface area (Å²) in [5.74, 6) is -1.51. The van der Waals surface area contributed by atoms with E-state index in [9.17, 15) is 14.4 Å². The number of hydrogen-bond acceptors (Lipinski definition) is 9. The van der Waals surface area contributed by atoms with E-state index in [4.69, 9.17) is 10.5 Å². The number of carbonyl (C=O) groups excluding carboxylic acids is 3. The molecule has 0 atom stereocenters. The normalized spacial score (nSPS) is 13.8. The SMILES string of the molecule is CCCNC(=O)c1cc(C(N)=O)ccc1NC(=O)c1csc(N2CCC(Oc3ncccn3)CC2)n1. The van der Waals surface area contributed by atoms with Crippen LogP contribution in [0.25, 0.3) is 0 Å². The van der Waals surface area contributed by atoms with Gasteiger partial charge in [-0.15, -0.1) is 11.3 Å². The number of nitrogens with one attached hydrogen (secondary N) is 2. The highest BCUT2D eigenvalue weighted by Gasteiger charge is 2.24. The molecule has 3 heterocycles. The molecule has 188 valence electrons. The summed E-state index contributed by atoms with van der Waals surface area (Å²) in [6.45, 7) is 3.84. The van der Waals surface area contributed by atoms with Crippen molar-refractivity contribution in [2.45, 2.75) is 32.3 Å². The molecule has 1 saturated heterocycles. The molecule has 0 unspecified atom stereocenters. The molecular formula is C24H27N7O4S. The molecule has 3 amide bonds. The molecule has 3 aromatic rings. The van der Waals surface area contributed by atoms with Crippen molar-refractivity contribution >= 4 is 39.9 Å². The topological polar surface area (TPSA) is 152 Å². The van der Waals surface area contributed by atoms with Gasteiger partial charge in [-0.3, -0.25) is 14.4 Å². The maximum atomic E-state index is 12.9. The highest BCUT2D eigenvalue weighted by molar-refractivity contribution is 7.14. The van der Waals surface area contributed by atoms with Crippen LogP contribution in [0.1, 0.15) is 57.4 Å². The number of ether oxygens (including phenoxy) is 1. The van der Waals surface area contributed by atoms with Gasteiger partial charge in [0.15, 0.2) is 5.13 Å². The molecule has 36 heavy (non-hydrogen) atoms. The molecule has 1 aromatic carbocycles. The maximum Gasteiger partial charge on any atom is 0.316 e. The van der Waals surface area contributed by atoms with Gasteiger partial charge in [0.05, 0.1) is 11.3 Å². The molecule has 0 spiro atoms. The Morgan fingerprint density at radius 1 is 1.17 bits per heavy atom. The first-order chi connectivity index (χ1) is 17.4. The van der Waals surface area contributed by atoms with Crippen LogP contribution < -0.4 is 26.0 Å². The standard InChI is InChI=1S/C24H27N7O4S/c1-2-8-26-21(33)17-13-15(20(25)32)4-5-18(17)29-22(34)19-14-36-24(30-19)31-11-6-16(7-12-31)35-23-27-9-3-10-28-23/h3-5,9-10,13-14,16H,2,6-8,11-12H2,1H3,(H2,25,32)(H,26,33)(H,29,34). The van der Waals surface area contributed by atoms with Gasteiger partial charge in [-0.2, -0.15) is 0 Å². The van der Waals surface area contributed by atoms with Crippen LogP contribution in [-0.4, -0.2) is 58.4 Å². The van der Waals surface area contributed by atoms with Crippen molar-refractivity contribution < 1.29 is 19.1 Å². The van der Waals surface area contributed by atoms with E-state index in [0.717, 1.165) is 37.5 Å². The van der Waals surface area contributed by atoms with Crippen molar-refractivity contribution in [1.29, 1.82) is 0 Å². The van der Waals surface area contributed by atoms with Crippen LogP contribution >= 0.6 is 11.3 Å². The fourth-order valence-corrected chi connectivity index (χ4v) is 4.55. The third-order valence-electron chi connectivity index (χ3n) is 5.58. The van der Waals surface area contributed by atoms with Gasteiger partial charge < -0.3 is 26.0 Å². The van der Waals surface area contributed by atoms with Crippen LogP contribution in [0.15, 0.2) is 42.0 Å². The van der Waals surface area contributed by atoms with Crippen LogP contribution in [-0.2, 0) is 0 Å². The van der Waals surface area contributed by atoms with Crippen molar-refractivity contribution in [2.75, 3.05) is 29.9 Å². The van der Waals surface area contributed by atoms with Crippen molar-refractivity contribution in [3.05, 3.63) is 58.9 Å². The van der Waals surface area contributed by atoms with Crippen molar-refractivity contribution in [3.8, 4) is 6.01 Å². The minimum Gasteiger partial charge on any atom is -0.460 e. The lowest BCUT2D eigenvalue weighted by Gasteiger charge is -2.31. The van der Waals surface area contributed by atoms with Gasteiger partial charge >= 0.3 is 6.01 Å². The van der Waals surface area contributed by atoms with Crippen LogP contribution in [0.5, 0.6) is 6.01 Å². The molecule has 0 aliphatic carbocycles. The fourth-order valence-electron chi connectivity index (χ4n) is 3.69. The summed E-state index contributed by atoms with van der Waals surface area (Å²) in [6, 6.07) is 6.45. The van der Waals surface area contributed by atoms with E-state index >= 15 is 0 Å².